The Bertz CT molecular complexity index is 3090. The SMILES string of the molecule is CC.CC.CC(=O)CN(CC(=O)OC(C)(C)C)S(=O)(=O)c1cc[c-]cc1.CC(=O)CN(CC(=O)OC(C)(C)C)S(=O)(=O)c1cc[c-]cc1.CI.C[123I].C[125I].O=C(O)CN(CC(=O)NO)S(=O)(=O)c1ccc(Oc2ccccc2)cc1.[Y].[Y].[c-]1ccccc1.[c-]1ccccc1. The topological polar surface area (TPSA) is 295 Å². The number of amides is 1. The molecule has 0 atom stereocenters. The number of hydrogen-bond acceptors (Lipinski definition) is 16. The van der Waals surface area contributed by atoms with Crippen LogP contribution in [-0.4, -0.2) is 149 Å². The van der Waals surface area contributed by atoms with Crippen LogP contribution in [0, 0.1) is 24.3 Å². The van der Waals surface area contributed by atoms with Crippen molar-refractivity contribution >= 4 is 133 Å². The van der Waals surface area contributed by atoms with Crippen LogP contribution in [-0.2, 0) is 134 Å². The van der Waals surface area contributed by atoms with Crippen LogP contribution >= 0.6 is 67.8 Å². The Labute approximate surface area is 650 Å². The summed E-state index contributed by atoms with van der Waals surface area (Å²) in [6.07, 6.45) is 0. The molecule has 94 heavy (non-hydrogen) atoms. The summed E-state index contributed by atoms with van der Waals surface area (Å²) in [5.41, 5.74) is -0.193. The number of esters is 2. The molecule has 0 aliphatic carbocycles. The van der Waals surface area contributed by atoms with Gasteiger partial charge in [-0.15, -0.1) is 0 Å². The second-order valence-corrected chi connectivity index (χ2v) is 24.7. The van der Waals surface area contributed by atoms with Crippen LogP contribution in [0.25, 0.3) is 0 Å². The molecule has 6 aromatic carbocycles. The Morgan fingerprint density at radius 3 is 1.00 bits per heavy atom. The first kappa shape index (κ1) is 101. The van der Waals surface area contributed by atoms with Crippen molar-refractivity contribution in [3.8, 4) is 11.5 Å². The molecule has 6 rings (SSSR count). The number of halogens is 3. The number of sulfonamides is 3. The molecule has 3 N–H and O–H groups in total. The minimum absolute atomic E-state index is 0. The number of alkyl halides is 3. The van der Waals surface area contributed by atoms with Crippen molar-refractivity contribution in [1.29, 1.82) is 0 Å². The number of aliphatic carboxylic acids is 1. The van der Waals surface area contributed by atoms with E-state index in [4.69, 9.17) is 24.5 Å². The van der Waals surface area contributed by atoms with E-state index in [9.17, 15) is 54.0 Å². The van der Waals surface area contributed by atoms with Crippen molar-refractivity contribution < 1.29 is 144 Å². The molecule has 2 radical (unpaired) electrons. The van der Waals surface area contributed by atoms with E-state index in [0.29, 0.717) is 15.8 Å². The molecule has 0 fully saturated rings. The van der Waals surface area contributed by atoms with Crippen molar-refractivity contribution in [2.45, 2.75) is 109 Å². The fourth-order valence-electron chi connectivity index (χ4n) is 6.08. The van der Waals surface area contributed by atoms with Crippen molar-refractivity contribution in [3.05, 3.63) is 188 Å². The number of carbonyl (C=O) groups is 6. The maximum Gasteiger partial charge on any atom is 0.321 e. The van der Waals surface area contributed by atoms with Crippen LogP contribution < -0.4 is 10.2 Å². The average molecular weight is 1850 g/mol. The summed E-state index contributed by atoms with van der Waals surface area (Å²) in [4.78, 5) is 74.3. The van der Waals surface area contributed by atoms with E-state index in [2.05, 4.69) is 92.0 Å². The van der Waals surface area contributed by atoms with Gasteiger partial charge in [-0.3, -0.25) is 34.0 Å². The summed E-state index contributed by atoms with van der Waals surface area (Å²) >= 11 is 6.45. The van der Waals surface area contributed by atoms with Gasteiger partial charge in [0.25, 0.3) is 5.91 Å². The first-order valence-corrected chi connectivity index (χ1v) is 38.4. The van der Waals surface area contributed by atoms with Crippen LogP contribution in [0.2, 0.25) is 0 Å². The molecule has 1 amide bonds. The normalized spacial score (nSPS) is 10.1. The molecule has 0 aromatic heterocycles. The number of hydroxylamine groups is 1. The molecule has 29 heteroatoms. The Balaban J connectivity index is -0.000000264. The molecule has 21 nitrogen and oxygen atoms in total. The minimum Gasteiger partial charge on any atom is -0.480 e. The fraction of sp³-hybridized carbons (Fsp3) is 0.354. The second kappa shape index (κ2) is 58.4. The molecule has 0 bridgehead atoms. The number of benzene rings is 6. The van der Waals surface area contributed by atoms with Gasteiger partial charge >= 0.3 is 17.9 Å². The number of nitrogens with one attached hydrogen (secondary N) is 1. The molecule has 0 saturated heterocycles. The number of carbonyl (C=O) groups excluding carboxylic acids is 5. The van der Waals surface area contributed by atoms with Gasteiger partial charge in [0.15, 0.2) is 0 Å². The van der Waals surface area contributed by atoms with Crippen molar-refractivity contribution in [3.63, 3.8) is 0 Å². The summed E-state index contributed by atoms with van der Waals surface area (Å²) in [6.45, 7) is 17.0. The summed E-state index contributed by atoms with van der Waals surface area (Å²) in [7, 11) is -12.2. The monoisotopic (exact) mass is 1840 g/mol. The predicted molar refractivity (Wildman–Crippen MR) is 383 cm³/mol. The number of rotatable bonds is 20. The number of ether oxygens (including phenoxy) is 3. The van der Waals surface area contributed by atoms with Gasteiger partial charge in [-0.25, -0.2) is 30.7 Å². The van der Waals surface area contributed by atoms with E-state index in [-0.39, 0.29) is 105 Å². The van der Waals surface area contributed by atoms with Crippen LogP contribution in [0.1, 0.15) is 83.1 Å². The number of hydrogen-bond donors (Lipinski definition) is 3. The Morgan fingerprint density at radius 1 is 0.468 bits per heavy atom. The number of Topliss-reactive ketones (excluding diaryl/α,β-unsaturated/α-hetero) is 2. The van der Waals surface area contributed by atoms with Gasteiger partial charge < -0.3 is 19.3 Å². The first-order valence-electron chi connectivity index (χ1n) is 27.7. The number of ketones is 2. The smallest absolute Gasteiger partial charge is 0.321 e. The fourth-order valence-corrected chi connectivity index (χ4v) is 10.2. The maximum atomic E-state index is 12.5. The van der Waals surface area contributed by atoms with E-state index in [0.717, 1.165) is 8.61 Å². The summed E-state index contributed by atoms with van der Waals surface area (Å²) in [5.74, 6) is -3.70. The zero-order valence-corrected chi connectivity index (χ0v) is 70.3. The average Bonchev–Trinajstić information content (AvgIpc) is 0.833. The minimum atomic E-state index is -4.27. The second-order valence-electron chi connectivity index (χ2n) is 18.8. The van der Waals surface area contributed by atoms with E-state index in [1.54, 1.807) is 65.8 Å². The maximum absolute atomic E-state index is 12.5. The molecule has 0 heterocycles. The molecule has 0 spiro atoms. The Hall–Kier alpha value is -3.57. The zero-order chi connectivity index (χ0) is 71.6. The quantitative estimate of drug-likeness (QED) is 0.0160. The van der Waals surface area contributed by atoms with Crippen LogP contribution in [0.15, 0.2) is 178 Å². The number of carboxylic acids is 1. The van der Waals surface area contributed by atoms with Gasteiger partial charge in [-0.05, 0) is 116 Å². The van der Waals surface area contributed by atoms with Gasteiger partial charge in [0.1, 0.15) is 53.9 Å². The third-order valence-corrected chi connectivity index (χ3v) is 14.7. The van der Waals surface area contributed by atoms with Crippen LogP contribution in [0.4, 0.5) is 0 Å². The molecule has 0 aliphatic heterocycles. The van der Waals surface area contributed by atoms with Gasteiger partial charge in [-0.2, -0.15) is 146 Å². The Morgan fingerprint density at radius 2 is 0.745 bits per heavy atom. The molecular formula is C65H87I3N4O17S3Y2-4. The van der Waals surface area contributed by atoms with Crippen LogP contribution in [0.5, 0.6) is 11.5 Å². The van der Waals surface area contributed by atoms with E-state index in [1.807, 2.05) is 109 Å². The Kier molecular flexibility index (Phi) is 63.0. The van der Waals surface area contributed by atoms with Gasteiger partial charge in [0, 0.05) is 65.4 Å². The van der Waals surface area contributed by atoms with Gasteiger partial charge in [0.2, 0.25) is 30.1 Å². The van der Waals surface area contributed by atoms with Crippen molar-refractivity contribution in [1.82, 2.24) is 18.4 Å². The summed E-state index contributed by atoms with van der Waals surface area (Å²) in [6, 6.07) is 55.8. The van der Waals surface area contributed by atoms with E-state index in [1.165, 1.54) is 92.1 Å². The molecular weight excluding hydrogens is 1760 g/mol. The van der Waals surface area contributed by atoms with Crippen molar-refractivity contribution in [2.24, 2.45) is 0 Å². The largest absolute Gasteiger partial charge is 0.480 e. The molecule has 6 aromatic rings. The first-order chi connectivity index (χ1) is 43.4. The molecule has 0 saturated carbocycles. The van der Waals surface area contributed by atoms with Crippen molar-refractivity contribution in [2.75, 3.05) is 54.1 Å². The predicted octanol–water partition coefficient (Wildman–Crippen LogP) is 12.1. The number of para-hydroxylation sites is 1. The third kappa shape index (κ3) is 48.2. The summed E-state index contributed by atoms with van der Waals surface area (Å²) in [5, 5.41) is 17.4. The van der Waals surface area contributed by atoms with E-state index < -0.39 is 91.3 Å². The summed E-state index contributed by atoms with van der Waals surface area (Å²) < 4.78 is 93.0. The molecule has 0 aliphatic rings. The number of carboxylic acid groups (broad SMARTS) is 1. The van der Waals surface area contributed by atoms with Gasteiger partial charge in [-0.1, -0.05) is 114 Å². The zero-order valence-electron chi connectivity index (χ0n) is 55.7. The molecule has 0 unspecified atom stereocenters. The van der Waals surface area contributed by atoms with E-state index >= 15 is 0 Å². The van der Waals surface area contributed by atoms with Gasteiger partial charge in [0.05, 0.1) is 24.5 Å². The third-order valence-electron chi connectivity index (χ3n) is 9.31. The standard InChI is InChI=1S/C16H16N2O7S.2C15H20NO5S.2C6H5.2C2H6.3CH3I.2Y/c19-15(17-22)10-18(11-16(20)21)26(23,24)14-8-6-13(7-9-14)25-12-4-2-1-3-5-12;2*1-12(17)10-16(11-14(18)21-15(2,3)4)22(19,20)13-8-6-5-7-9-13;2*1-2-4-6-5-3-1;5*1-2;;/h1-9,22H,10-11H2,(H,17,19)(H,20,21);2*6-9H,10-11H2,1-4H3;2*1-5H;2*1-2H3;3*1H3;;/q;4*-1;;;;;;;/i;;;;;;;2-2;2-4;;;. The van der Waals surface area contributed by atoms with Crippen LogP contribution in [0.3, 0.4) is 0 Å². The molecule has 518 valence electrons. The number of nitrogens with zero attached hydrogens (tertiary/aromatic N) is 3.